The summed E-state index contributed by atoms with van der Waals surface area (Å²) in [6.45, 7) is 3.13. The molecule has 136 valence electrons. The Morgan fingerprint density at radius 3 is 2.38 bits per heavy atom. The number of esters is 1. The number of hydrogen-bond donors (Lipinski definition) is 1. The van der Waals surface area contributed by atoms with E-state index in [4.69, 9.17) is 9.47 Å². The van der Waals surface area contributed by atoms with E-state index in [0.29, 0.717) is 17.0 Å². The third kappa shape index (κ3) is 6.05. The maximum Gasteiger partial charge on any atom is 0.309 e. The van der Waals surface area contributed by atoms with E-state index in [1.807, 2.05) is 31.2 Å². The van der Waals surface area contributed by atoms with E-state index >= 15 is 0 Å². The Balaban J connectivity index is 1.72. The molecule has 6 nitrogen and oxygen atoms in total. The Hall–Kier alpha value is -3.15. The molecule has 26 heavy (non-hydrogen) atoms. The molecule has 1 amide bonds. The van der Waals surface area contributed by atoms with E-state index in [9.17, 15) is 14.4 Å². The SMILES string of the molecule is CC(=O)c1ccccc1NC(=O)COC(=O)CCOc1ccc(C)cc1. The fourth-order valence-electron chi connectivity index (χ4n) is 2.19. The third-order valence-corrected chi connectivity index (χ3v) is 3.54. The second-order valence-corrected chi connectivity index (χ2v) is 5.72. The molecule has 0 saturated heterocycles. The van der Waals surface area contributed by atoms with Crippen molar-refractivity contribution in [3.8, 4) is 5.75 Å². The third-order valence-electron chi connectivity index (χ3n) is 3.54. The maximum atomic E-state index is 11.9. The van der Waals surface area contributed by atoms with Gasteiger partial charge in [0.05, 0.1) is 18.7 Å². The first-order valence-corrected chi connectivity index (χ1v) is 8.20. The van der Waals surface area contributed by atoms with E-state index in [-0.39, 0.29) is 18.8 Å². The van der Waals surface area contributed by atoms with Crippen LogP contribution in [-0.4, -0.2) is 30.9 Å². The van der Waals surface area contributed by atoms with Crippen molar-refractivity contribution < 1.29 is 23.9 Å². The molecule has 2 rings (SSSR count). The highest BCUT2D eigenvalue weighted by Crippen LogP contribution is 2.15. The Kier molecular flexibility index (Phi) is 6.91. The molecule has 0 aliphatic rings. The van der Waals surface area contributed by atoms with Gasteiger partial charge in [-0.3, -0.25) is 14.4 Å². The topological polar surface area (TPSA) is 81.7 Å². The lowest BCUT2D eigenvalue weighted by atomic mass is 10.1. The number of anilines is 1. The van der Waals surface area contributed by atoms with E-state index in [0.717, 1.165) is 5.56 Å². The lowest BCUT2D eigenvalue weighted by Crippen LogP contribution is -2.22. The molecule has 2 aromatic carbocycles. The predicted molar refractivity (Wildman–Crippen MR) is 97.3 cm³/mol. The van der Waals surface area contributed by atoms with Gasteiger partial charge in [0.1, 0.15) is 5.75 Å². The molecule has 0 radical (unpaired) electrons. The van der Waals surface area contributed by atoms with Crippen LogP contribution in [0.3, 0.4) is 0 Å². The zero-order valence-corrected chi connectivity index (χ0v) is 14.8. The number of rotatable bonds is 8. The number of Topliss-reactive ketones (excluding diaryl/α,β-unsaturated/α-hetero) is 1. The van der Waals surface area contributed by atoms with Crippen LogP contribution < -0.4 is 10.1 Å². The highest BCUT2D eigenvalue weighted by Gasteiger charge is 2.12. The largest absolute Gasteiger partial charge is 0.493 e. The van der Waals surface area contributed by atoms with Crippen molar-refractivity contribution in [2.24, 2.45) is 0 Å². The molecule has 0 atom stereocenters. The molecular formula is C20H21NO5. The van der Waals surface area contributed by atoms with Crippen LogP contribution in [0.15, 0.2) is 48.5 Å². The molecular weight excluding hydrogens is 334 g/mol. The summed E-state index contributed by atoms with van der Waals surface area (Å²) in [7, 11) is 0. The average molecular weight is 355 g/mol. The molecule has 0 unspecified atom stereocenters. The van der Waals surface area contributed by atoms with Crippen molar-refractivity contribution in [2.45, 2.75) is 20.3 Å². The highest BCUT2D eigenvalue weighted by atomic mass is 16.5. The minimum atomic E-state index is -0.535. The quantitative estimate of drug-likeness (QED) is 0.581. The number of carbonyl (C=O) groups is 3. The molecule has 6 heteroatoms. The Morgan fingerprint density at radius 2 is 1.69 bits per heavy atom. The zero-order valence-electron chi connectivity index (χ0n) is 14.8. The average Bonchev–Trinajstić information content (AvgIpc) is 2.62. The summed E-state index contributed by atoms with van der Waals surface area (Å²) in [5, 5.41) is 2.57. The first-order valence-electron chi connectivity index (χ1n) is 8.20. The molecule has 0 saturated carbocycles. The fraction of sp³-hybridized carbons (Fsp3) is 0.250. The van der Waals surface area contributed by atoms with E-state index in [1.165, 1.54) is 6.92 Å². The fourth-order valence-corrected chi connectivity index (χ4v) is 2.19. The minimum Gasteiger partial charge on any atom is -0.493 e. The van der Waals surface area contributed by atoms with Crippen molar-refractivity contribution in [1.82, 2.24) is 0 Å². The first kappa shape index (κ1) is 19.2. The van der Waals surface area contributed by atoms with Gasteiger partial charge in [0.25, 0.3) is 5.91 Å². The number of para-hydroxylation sites is 1. The maximum absolute atomic E-state index is 11.9. The van der Waals surface area contributed by atoms with Gasteiger partial charge in [0.15, 0.2) is 12.4 Å². The number of ketones is 1. The second-order valence-electron chi connectivity index (χ2n) is 5.72. The molecule has 2 aromatic rings. The minimum absolute atomic E-state index is 0.0329. The molecule has 0 spiro atoms. The Labute approximate surface area is 152 Å². The van der Waals surface area contributed by atoms with Crippen LogP contribution in [0.25, 0.3) is 0 Å². The second kappa shape index (κ2) is 9.36. The number of ether oxygens (including phenoxy) is 2. The lowest BCUT2D eigenvalue weighted by molar-refractivity contribution is -0.147. The summed E-state index contributed by atoms with van der Waals surface area (Å²) in [5.41, 5.74) is 1.91. The standard InChI is InChI=1S/C20H21NO5/c1-14-7-9-16(10-8-14)25-12-11-20(24)26-13-19(23)21-18-6-4-3-5-17(18)15(2)22/h3-10H,11-13H2,1-2H3,(H,21,23). The predicted octanol–water partition coefficient (Wildman–Crippen LogP) is 3.15. The van der Waals surface area contributed by atoms with Gasteiger partial charge in [-0.2, -0.15) is 0 Å². The molecule has 0 aliphatic heterocycles. The van der Waals surface area contributed by atoms with Crippen LogP contribution in [0, 0.1) is 6.92 Å². The smallest absolute Gasteiger partial charge is 0.309 e. The summed E-state index contributed by atoms with van der Waals surface area (Å²) >= 11 is 0. The van der Waals surface area contributed by atoms with Gasteiger partial charge >= 0.3 is 5.97 Å². The molecule has 0 heterocycles. The summed E-state index contributed by atoms with van der Waals surface area (Å²) < 4.78 is 10.4. The first-order chi connectivity index (χ1) is 12.5. The van der Waals surface area contributed by atoms with Gasteiger partial charge in [-0.25, -0.2) is 0 Å². The zero-order chi connectivity index (χ0) is 18.9. The van der Waals surface area contributed by atoms with Gasteiger partial charge in [0.2, 0.25) is 0 Å². The number of amides is 1. The number of nitrogens with one attached hydrogen (secondary N) is 1. The number of carbonyl (C=O) groups excluding carboxylic acids is 3. The summed E-state index contributed by atoms with van der Waals surface area (Å²) in [6.07, 6.45) is 0.0329. The van der Waals surface area contributed by atoms with Gasteiger partial charge in [-0.1, -0.05) is 29.8 Å². The van der Waals surface area contributed by atoms with Crippen molar-refractivity contribution in [1.29, 1.82) is 0 Å². The molecule has 0 fully saturated rings. The lowest BCUT2D eigenvalue weighted by Gasteiger charge is -2.10. The van der Waals surface area contributed by atoms with E-state index in [1.54, 1.807) is 24.3 Å². The van der Waals surface area contributed by atoms with Crippen molar-refractivity contribution in [3.63, 3.8) is 0 Å². The monoisotopic (exact) mass is 355 g/mol. The van der Waals surface area contributed by atoms with Crippen molar-refractivity contribution >= 4 is 23.3 Å². The Morgan fingerprint density at radius 1 is 1.00 bits per heavy atom. The van der Waals surface area contributed by atoms with Crippen molar-refractivity contribution in [2.75, 3.05) is 18.5 Å². The van der Waals surface area contributed by atoms with Gasteiger partial charge in [0, 0.05) is 5.56 Å². The van der Waals surface area contributed by atoms with E-state index in [2.05, 4.69) is 5.32 Å². The Bertz CT molecular complexity index is 783. The van der Waals surface area contributed by atoms with Gasteiger partial charge < -0.3 is 14.8 Å². The summed E-state index contributed by atoms with van der Waals surface area (Å²) in [4.78, 5) is 35.1. The van der Waals surface area contributed by atoms with Crippen LogP contribution in [0.2, 0.25) is 0 Å². The highest BCUT2D eigenvalue weighted by molar-refractivity contribution is 6.04. The van der Waals surface area contributed by atoms with Gasteiger partial charge in [-0.15, -0.1) is 0 Å². The van der Waals surface area contributed by atoms with Crippen molar-refractivity contribution in [3.05, 3.63) is 59.7 Å². The molecule has 0 bridgehead atoms. The van der Waals surface area contributed by atoms with E-state index < -0.39 is 18.5 Å². The molecule has 0 aliphatic carbocycles. The van der Waals surface area contributed by atoms with Crippen LogP contribution in [-0.2, 0) is 14.3 Å². The van der Waals surface area contributed by atoms with Crippen LogP contribution in [0.5, 0.6) is 5.75 Å². The number of benzene rings is 2. The molecule has 0 aromatic heterocycles. The summed E-state index contributed by atoms with van der Waals surface area (Å²) in [6, 6.07) is 14.1. The number of aryl methyl sites for hydroxylation is 1. The van der Waals surface area contributed by atoms with Gasteiger partial charge in [-0.05, 0) is 38.1 Å². The van der Waals surface area contributed by atoms with Crippen LogP contribution in [0.4, 0.5) is 5.69 Å². The number of hydrogen-bond acceptors (Lipinski definition) is 5. The summed E-state index contributed by atoms with van der Waals surface area (Å²) in [5.74, 6) is -0.535. The normalized spacial score (nSPS) is 10.1. The molecule has 1 N–H and O–H groups in total. The van der Waals surface area contributed by atoms with Crippen LogP contribution in [0.1, 0.15) is 29.3 Å². The van der Waals surface area contributed by atoms with Crippen LogP contribution >= 0.6 is 0 Å².